The summed E-state index contributed by atoms with van der Waals surface area (Å²) in [5.74, 6) is 5.19. The molecular weight excluding hydrogens is 723 g/mol. The Labute approximate surface area is 372 Å². The molecule has 0 aromatic heterocycles. The Hall–Kier alpha value is -1.22. The van der Waals surface area contributed by atoms with Gasteiger partial charge in [-0.2, -0.15) is 0 Å². The van der Waals surface area contributed by atoms with Crippen molar-refractivity contribution in [3.05, 3.63) is 46.7 Å². The molecule has 6 aliphatic carbocycles. The fourth-order valence-corrected chi connectivity index (χ4v) is 16.7. The standard InChI is InChI=1S/C57H93BN2/c1-53(2,3)41-26-29-44(30-27-41)59-48-31-28-42(54(4,5)6)37-46(48)58-47-38-43(55(7,8)9)36-45-52(47)60(56(10,11)57(45)32-22-19-23-33-57)50-35-40(34-49(59)51(50)58)39-24-20-17-15-13-12-14-16-18-21-25-39/h26,29,31,36,39-44,46-47,50,52H,12-25,27-28,30,32-35,37-38H2,1-11H3. The van der Waals surface area contributed by atoms with Crippen LogP contribution >= 0.6 is 0 Å². The number of hydrogen-bond acceptors (Lipinski definition) is 2. The summed E-state index contributed by atoms with van der Waals surface area (Å²) < 4.78 is 0. The summed E-state index contributed by atoms with van der Waals surface area (Å²) >= 11 is 0. The highest BCUT2D eigenvalue weighted by molar-refractivity contribution is 6.72. The fourth-order valence-electron chi connectivity index (χ4n) is 16.7. The van der Waals surface area contributed by atoms with Crippen LogP contribution in [0.25, 0.3) is 0 Å². The zero-order valence-electron chi connectivity index (χ0n) is 41.3. The second-order valence-corrected chi connectivity index (χ2v) is 26.9. The minimum atomic E-state index is 0.184. The van der Waals surface area contributed by atoms with Crippen LogP contribution in [0.3, 0.4) is 0 Å². The van der Waals surface area contributed by atoms with Crippen LogP contribution in [0, 0.1) is 51.2 Å². The van der Waals surface area contributed by atoms with Gasteiger partial charge >= 0.3 is 0 Å². The van der Waals surface area contributed by atoms with Crippen molar-refractivity contribution in [2.24, 2.45) is 51.2 Å². The molecule has 9 aliphatic rings. The van der Waals surface area contributed by atoms with Crippen molar-refractivity contribution in [3.63, 3.8) is 0 Å². The van der Waals surface area contributed by atoms with Crippen molar-refractivity contribution in [2.75, 3.05) is 0 Å². The molecule has 9 atom stereocenters. The quantitative estimate of drug-likeness (QED) is 0.202. The van der Waals surface area contributed by atoms with Crippen LogP contribution < -0.4 is 0 Å². The lowest BCUT2D eigenvalue weighted by molar-refractivity contribution is -0.00713. The lowest BCUT2D eigenvalue weighted by Gasteiger charge is -2.63. The molecule has 2 nitrogen and oxygen atoms in total. The topological polar surface area (TPSA) is 6.48 Å². The molecule has 0 N–H and O–H groups in total. The van der Waals surface area contributed by atoms with E-state index in [4.69, 9.17) is 0 Å². The Morgan fingerprint density at radius 2 is 1.25 bits per heavy atom. The molecule has 0 amide bonds. The highest BCUT2D eigenvalue weighted by atomic mass is 15.3. The molecule has 0 aromatic carbocycles. The Bertz CT molecular complexity index is 1670. The number of nitrogens with zero attached hydrogens (tertiary/aromatic N) is 2. The van der Waals surface area contributed by atoms with Crippen molar-refractivity contribution in [3.8, 4) is 0 Å². The Morgan fingerprint density at radius 1 is 0.633 bits per heavy atom. The molecule has 2 saturated carbocycles. The molecule has 60 heavy (non-hydrogen) atoms. The second-order valence-electron chi connectivity index (χ2n) is 26.9. The van der Waals surface area contributed by atoms with E-state index in [9.17, 15) is 0 Å². The van der Waals surface area contributed by atoms with E-state index < -0.39 is 0 Å². The second kappa shape index (κ2) is 16.3. The average molecular weight is 817 g/mol. The third-order valence-electron chi connectivity index (χ3n) is 20.3. The first-order valence-electron chi connectivity index (χ1n) is 26.8. The molecule has 0 radical (unpaired) electrons. The maximum atomic E-state index is 3.38. The summed E-state index contributed by atoms with van der Waals surface area (Å²) in [6.07, 6.45) is 44.2. The van der Waals surface area contributed by atoms with Gasteiger partial charge in [-0.15, -0.1) is 0 Å². The maximum Gasteiger partial charge on any atom is 0.189 e. The van der Waals surface area contributed by atoms with Crippen molar-refractivity contribution < 1.29 is 0 Å². The SMILES string of the molecule is CC(C)(C)C1C=CC(N2C3=CCC(C(C)(C)C)CC3B3C4=C2CC(C2CCCCCCCCCCC2)CC4N2C4C(=CC(C(C)(C)C)CC34)C3(CCCCC3)C2(C)C)CC1. The molecule has 334 valence electrons. The molecule has 3 heteroatoms. The molecule has 2 saturated heterocycles. The van der Waals surface area contributed by atoms with Crippen molar-refractivity contribution in [2.45, 2.75) is 259 Å². The van der Waals surface area contributed by atoms with Gasteiger partial charge in [-0.25, -0.2) is 0 Å². The third kappa shape index (κ3) is 7.57. The van der Waals surface area contributed by atoms with Gasteiger partial charge in [0.1, 0.15) is 0 Å². The fraction of sp³-hybridized carbons (Fsp3) is 0.860. The van der Waals surface area contributed by atoms with Crippen LogP contribution in [0.2, 0.25) is 11.6 Å². The smallest absolute Gasteiger partial charge is 0.189 e. The van der Waals surface area contributed by atoms with E-state index in [0.717, 1.165) is 23.6 Å². The molecule has 9 rings (SSSR count). The number of hydrogen-bond donors (Lipinski definition) is 0. The zero-order chi connectivity index (χ0) is 42.4. The number of fused-ring (bicyclic) bond motifs is 5. The van der Waals surface area contributed by atoms with E-state index in [0.29, 0.717) is 64.2 Å². The average Bonchev–Trinajstić information content (AvgIpc) is 3.37. The third-order valence-corrected chi connectivity index (χ3v) is 20.3. The highest BCUT2D eigenvalue weighted by Gasteiger charge is 2.70. The van der Waals surface area contributed by atoms with E-state index in [1.165, 1.54) is 148 Å². The summed E-state index contributed by atoms with van der Waals surface area (Å²) in [6, 6.07) is 1.75. The molecule has 4 fully saturated rings. The summed E-state index contributed by atoms with van der Waals surface area (Å²) in [5, 5.41) is 0. The number of allylic oxidation sites excluding steroid dienone is 5. The van der Waals surface area contributed by atoms with E-state index in [1.807, 2.05) is 22.4 Å². The first-order chi connectivity index (χ1) is 28.4. The number of rotatable bonds is 2. The molecule has 0 aromatic rings. The molecule has 0 bridgehead atoms. The van der Waals surface area contributed by atoms with Crippen LogP contribution in [0.1, 0.15) is 224 Å². The van der Waals surface area contributed by atoms with Crippen molar-refractivity contribution in [1.82, 2.24) is 9.80 Å². The predicted octanol–water partition coefficient (Wildman–Crippen LogP) is 16.2. The molecular formula is C57H93BN2. The monoisotopic (exact) mass is 817 g/mol. The first kappa shape index (κ1) is 44.0. The molecule has 1 spiro atoms. The molecule has 3 aliphatic heterocycles. The van der Waals surface area contributed by atoms with Gasteiger partial charge in [0.2, 0.25) is 0 Å². The van der Waals surface area contributed by atoms with E-state index in [-0.39, 0.29) is 5.54 Å². The first-order valence-corrected chi connectivity index (χ1v) is 26.8. The summed E-state index contributed by atoms with van der Waals surface area (Å²) in [5.41, 5.74) is 9.16. The normalized spacial score (nSPS) is 38.0. The van der Waals surface area contributed by atoms with Gasteiger partial charge in [0.15, 0.2) is 6.71 Å². The Morgan fingerprint density at radius 3 is 1.83 bits per heavy atom. The predicted molar refractivity (Wildman–Crippen MR) is 259 cm³/mol. The van der Waals surface area contributed by atoms with Crippen LogP contribution in [0.15, 0.2) is 46.7 Å². The minimum absolute atomic E-state index is 0.184. The summed E-state index contributed by atoms with van der Waals surface area (Å²) in [4.78, 5) is 6.55. The van der Waals surface area contributed by atoms with E-state index >= 15 is 0 Å². The Balaban J connectivity index is 1.23. The van der Waals surface area contributed by atoms with Crippen LogP contribution in [0.5, 0.6) is 0 Å². The van der Waals surface area contributed by atoms with Gasteiger partial charge in [-0.1, -0.05) is 182 Å². The van der Waals surface area contributed by atoms with Crippen molar-refractivity contribution >= 4 is 6.71 Å². The molecule has 9 unspecified atom stereocenters. The van der Waals surface area contributed by atoms with E-state index in [1.54, 1.807) is 0 Å². The van der Waals surface area contributed by atoms with Crippen LogP contribution in [-0.2, 0) is 0 Å². The zero-order valence-corrected chi connectivity index (χ0v) is 41.3. The van der Waals surface area contributed by atoms with Crippen LogP contribution in [0.4, 0.5) is 0 Å². The maximum absolute atomic E-state index is 3.38. The summed E-state index contributed by atoms with van der Waals surface area (Å²) in [6.45, 7) is 29.3. The van der Waals surface area contributed by atoms with Gasteiger partial charge in [0.25, 0.3) is 0 Å². The highest BCUT2D eigenvalue weighted by Crippen LogP contribution is 2.71. The minimum Gasteiger partial charge on any atom is -0.343 e. The van der Waals surface area contributed by atoms with Gasteiger partial charge in [-0.3, -0.25) is 4.90 Å². The van der Waals surface area contributed by atoms with Gasteiger partial charge < -0.3 is 4.90 Å². The van der Waals surface area contributed by atoms with E-state index in [2.05, 4.69) is 110 Å². The lowest BCUT2D eigenvalue weighted by Crippen LogP contribution is -2.66. The Kier molecular flexibility index (Phi) is 12.0. The van der Waals surface area contributed by atoms with Gasteiger partial charge in [-0.05, 0) is 135 Å². The van der Waals surface area contributed by atoms with Gasteiger partial charge in [0, 0.05) is 34.4 Å². The van der Waals surface area contributed by atoms with Crippen LogP contribution in [-0.4, -0.2) is 40.2 Å². The van der Waals surface area contributed by atoms with Gasteiger partial charge in [0.05, 0.1) is 6.04 Å². The molecule has 3 heterocycles. The lowest BCUT2D eigenvalue weighted by atomic mass is 9.21. The van der Waals surface area contributed by atoms with Crippen molar-refractivity contribution in [1.29, 1.82) is 0 Å². The summed E-state index contributed by atoms with van der Waals surface area (Å²) in [7, 11) is 0. The largest absolute Gasteiger partial charge is 0.343 e.